The van der Waals surface area contributed by atoms with Gasteiger partial charge in [0.05, 0.1) is 16.6 Å². The van der Waals surface area contributed by atoms with Gasteiger partial charge in [-0.1, -0.05) is 0 Å². The molecule has 0 fully saturated rings. The number of aldehydes is 1. The van der Waals surface area contributed by atoms with Crippen LogP contribution in [0.15, 0.2) is 16.6 Å². The third-order valence-electron chi connectivity index (χ3n) is 4.02. The lowest BCUT2D eigenvalue weighted by Gasteiger charge is -2.27. The molecule has 0 bridgehead atoms. The molecule has 0 saturated heterocycles. The van der Waals surface area contributed by atoms with Crippen molar-refractivity contribution in [2.75, 3.05) is 11.9 Å². The predicted molar refractivity (Wildman–Crippen MR) is 88.4 cm³/mol. The first-order chi connectivity index (χ1) is 11.0. The molecule has 2 heterocycles. The molecule has 1 atom stereocenters. The zero-order valence-corrected chi connectivity index (χ0v) is 14.3. The average Bonchev–Trinajstić information content (AvgIpc) is 3.02. The quantitative estimate of drug-likeness (QED) is 0.796. The molecule has 120 valence electrons. The van der Waals surface area contributed by atoms with E-state index in [9.17, 15) is 14.4 Å². The molecule has 1 N–H and O–H groups in total. The van der Waals surface area contributed by atoms with E-state index in [1.54, 1.807) is 17.8 Å². The summed E-state index contributed by atoms with van der Waals surface area (Å²) in [7, 11) is 3.28. The number of benzene rings is 1. The van der Waals surface area contributed by atoms with Gasteiger partial charge in [0.25, 0.3) is 5.91 Å². The number of aryl methyl sites for hydroxylation is 1. The summed E-state index contributed by atoms with van der Waals surface area (Å²) in [5.41, 5.74) is 1.79. The Balaban J connectivity index is 2.15. The van der Waals surface area contributed by atoms with Crippen LogP contribution in [0.2, 0.25) is 0 Å². The summed E-state index contributed by atoms with van der Waals surface area (Å²) in [6.07, 6.45) is 1.22. The van der Waals surface area contributed by atoms with Crippen LogP contribution in [0.25, 0.3) is 10.9 Å². The van der Waals surface area contributed by atoms with E-state index in [-0.39, 0.29) is 24.7 Å². The van der Waals surface area contributed by atoms with Crippen LogP contribution in [0.4, 0.5) is 5.69 Å². The van der Waals surface area contributed by atoms with E-state index in [1.165, 1.54) is 11.9 Å². The number of rotatable bonds is 5. The molecular weight excluding hydrogens is 364 g/mol. The summed E-state index contributed by atoms with van der Waals surface area (Å²) < 4.78 is 2.48. The number of hydrogen-bond donors (Lipinski definition) is 1. The number of likely N-dealkylation sites (N-methyl/N-ethyl adjacent to an activating group) is 1. The Kier molecular flexibility index (Phi) is 3.93. The van der Waals surface area contributed by atoms with Gasteiger partial charge in [0.2, 0.25) is 5.91 Å². The summed E-state index contributed by atoms with van der Waals surface area (Å²) in [5, 5.41) is 7.58. The summed E-state index contributed by atoms with van der Waals surface area (Å²) >= 11 is 3.47. The fourth-order valence-electron chi connectivity index (χ4n) is 3.01. The largest absolute Gasteiger partial charge is 0.357 e. The lowest BCUT2D eigenvalue weighted by molar-refractivity contribution is -0.122. The molecule has 0 spiro atoms. The van der Waals surface area contributed by atoms with Crippen LogP contribution in [0.3, 0.4) is 0 Å². The van der Waals surface area contributed by atoms with Crippen LogP contribution >= 0.6 is 15.9 Å². The van der Waals surface area contributed by atoms with E-state index in [0.29, 0.717) is 11.4 Å². The zero-order valence-electron chi connectivity index (χ0n) is 12.7. The van der Waals surface area contributed by atoms with Gasteiger partial charge in [-0.05, 0) is 34.5 Å². The highest BCUT2D eigenvalue weighted by atomic mass is 79.9. The number of anilines is 1. The number of aromatic nitrogens is 2. The second-order valence-electron chi connectivity index (χ2n) is 5.31. The Morgan fingerprint density at radius 3 is 2.87 bits per heavy atom. The van der Waals surface area contributed by atoms with E-state index in [4.69, 9.17) is 0 Å². The minimum atomic E-state index is -0.735. The molecule has 7 nitrogen and oxygen atoms in total. The Hall–Kier alpha value is -2.22. The van der Waals surface area contributed by atoms with Crippen LogP contribution < -0.4 is 10.2 Å². The average molecular weight is 379 g/mol. The lowest BCUT2D eigenvalue weighted by atomic mass is 10.1. The van der Waals surface area contributed by atoms with Gasteiger partial charge >= 0.3 is 0 Å². The number of halogens is 1. The van der Waals surface area contributed by atoms with Crippen LogP contribution in [0.5, 0.6) is 0 Å². The molecule has 3 rings (SSSR count). The van der Waals surface area contributed by atoms with Gasteiger partial charge in [-0.25, -0.2) is 0 Å². The molecule has 2 aromatic rings. The lowest BCUT2D eigenvalue weighted by Crippen LogP contribution is -2.48. The minimum Gasteiger partial charge on any atom is -0.357 e. The monoisotopic (exact) mass is 378 g/mol. The molecule has 1 aliphatic heterocycles. The summed E-state index contributed by atoms with van der Waals surface area (Å²) in [6, 6.07) is 2.89. The van der Waals surface area contributed by atoms with Crippen LogP contribution in [0, 0.1) is 0 Å². The maximum Gasteiger partial charge on any atom is 0.280 e. The highest BCUT2D eigenvalue weighted by molar-refractivity contribution is 9.10. The van der Waals surface area contributed by atoms with Crippen LogP contribution in [-0.4, -0.2) is 41.0 Å². The fraction of sp³-hybridized carbons (Fsp3) is 0.333. The van der Waals surface area contributed by atoms with Gasteiger partial charge in [0, 0.05) is 25.0 Å². The maximum atomic E-state index is 12.8. The van der Waals surface area contributed by atoms with Crippen molar-refractivity contribution in [2.24, 2.45) is 7.05 Å². The number of carbonyl (C=O) groups excluding carboxylic acids is 3. The molecule has 8 heteroatoms. The number of nitrogens with zero attached hydrogens (tertiary/aromatic N) is 3. The minimum absolute atomic E-state index is 0.201. The van der Waals surface area contributed by atoms with Crippen molar-refractivity contribution in [1.29, 1.82) is 0 Å². The SMILES string of the molecule is CNC(=O)C(CCC=O)N1C(=O)c2nn(C)c3c(Br)ccc1c23. The Bertz CT molecular complexity index is 830. The van der Waals surface area contributed by atoms with Gasteiger partial charge < -0.3 is 10.1 Å². The van der Waals surface area contributed by atoms with Crippen molar-refractivity contribution in [3.63, 3.8) is 0 Å². The molecule has 0 saturated carbocycles. The fourth-order valence-corrected chi connectivity index (χ4v) is 3.60. The first-order valence-electron chi connectivity index (χ1n) is 7.15. The highest BCUT2D eigenvalue weighted by Gasteiger charge is 2.40. The number of hydrogen-bond acceptors (Lipinski definition) is 4. The number of carbonyl (C=O) groups is 3. The van der Waals surface area contributed by atoms with Crippen molar-refractivity contribution >= 4 is 50.6 Å². The van der Waals surface area contributed by atoms with Gasteiger partial charge in [-0.15, -0.1) is 0 Å². The Morgan fingerprint density at radius 1 is 1.48 bits per heavy atom. The van der Waals surface area contributed by atoms with Gasteiger partial charge in [0.1, 0.15) is 12.3 Å². The van der Waals surface area contributed by atoms with Gasteiger partial charge in [-0.3, -0.25) is 19.2 Å². The van der Waals surface area contributed by atoms with Crippen LogP contribution in [-0.2, 0) is 16.6 Å². The highest BCUT2D eigenvalue weighted by Crippen LogP contribution is 2.41. The van der Waals surface area contributed by atoms with E-state index >= 15 is 0 Å². The third kappa shape index (κ3) is 2.24. The molecule has 1 aromatic carbocycles. The molecule has 1 aliphatic rings. The number of nitrogens with one attached hydrogen (secondary N) is 1. The molecule has 1 aromatic heterocycles. The predicted octanol–water partition coefficient (Wildman–Crippen LogP) is 1.39. The third-order valence-corrected chi connectivity index (χ3v) is 4.66. The first-order valence-corrected chi connectivity index (χ1v) is 7.94. The Labute approximate surface area is 140 Å². The molecule has 23 heavy (non-hydrogen) atoms. The summed E-state index contributed by atoms with van der Waals surface area (Å²) in [6.45, 7) is 0. The van der Waals surface area contributed by atoms with E-state index < -0.39 is 6.04 Å². The summed E-state index contributed by atoms with van der Waals surface area (Å²) in [5.74, 6) is -0.617. The number of amides is 2. The van der Waals surface area contributed by atoms with E-state index in [2.05, 4.69) is 26.3 Å². The molecule has 2 amide bonds. The molecule has 0 aliphatic carbocycles. The molecule has 1 unspecified atom stereocenters. The standard InChI is InChI=1S/C15H15BrN4O3/c1-17-14(22)10(4-3-7-21)20-9-6-5-8(16)13-11(9)12(15(20)23)18-19(13)2/h5-7,10H,3-4H2,1-2H3,(H,17,22). The topological polar surface area (TPSA) is 84.3 Å². The van der Waals surface area contributed by atoms with E-state index in [1.807, 2.05) is 6.07 Å². The normalized spacial score (nSPS) is 14.4. The van der Waals surface area contributed by atoms with Gasteiger partial charge in [-0.2, -0.15) is 5.10 Å². The van der Waals surface area contributed by atoms with Crippen molar-refractivity contribution in [3.8, 4) is 0 Å². The smallest absolute Gasteiger partial charge is 0.280 e. The summed E-state index contributed by atoms with van der Waals surface area (Å²) in [4.78, 5) is 37.2. The second kappa shape index (κ2) is 5.77. The molecular formula is C15H15BrN4O3. The Morgan fingerprint density at radius 2 is 2.22 bits per heavy atom. The van der Waals surface area contributed by atoms with E-state index in [0.717, 1.165) is 21.7 Å². The van der Waals surface area contributed by atoms with Crippen molar-refractivity contribution in [2.45, 2.75) is 18.9 Å². The second-order valence-corrected chi connectivity index (χ2v) is 6.17. The first kappa shape index (κ1) is 15.7. The van der Waals surface area contributed by atoms with Crippen molar-refractivity contribution in [1.82, 2.24) is 15.1 Å². The zero-order chi connectivity index (χ0) is 16.7. The van der Waals surface area contributed by atoms with Crippen molar-refractivity contribution in [3.05, 3.63) is 22.3 Å². The van der Waals surface area contributed by atoms with Gasteiger partial charge in [0.15, 0.2) is 5.69 Å². The maximum absolute atomic E-state index is 12.8. The van der Waals surface area contributed by atoms with Crippen LogP contribution in [0.1, 0.15) is 23.3 Å². The van der Waals surface area contributed by atoms with Crippen molar-refractivity contribution < 1.29 is 14.4 Å². The molecule has 0 radical (unpaired) electrons.